The van der Waals surface area contributed by atoms with Gasteiger partial charge < -0.3 is 14.7 Å². The standard InChI is InChI=1S/C25H30F3N3O5/c1-36-22(33)9-4-16-2-6-19(7-3-16)30-15-21(32)31(24(30)35)20-8-5-17-10-12-29(13-11-18(17)14-20)23(34)25(26,27)28/h5,8,14-16,19,32H,2-4,6-7,9-13H2,1H3. The Hall–Kier alpha value is -3.24. The molecule has 0 spiro atoms. The lowest BCUT2D eigenvalue weighted by Crippen LogP contribution is -2.42. The van der Waals surface area contributed by atoms with Crippen molar-refractivity contribution in [3.63, 3.8) is 0 Å². The number of halogens is 3. The zero-order valence-electron chi connectivity index (χ0n) is 20.1. The number of aromatic nitrogens is 2. The van der Waals surface area contributed by atoms with Crippen LogP contribution in [0.2, 0.25) is 0 Å². The number of aromatic hydroxyl groups is 1. The number of methoxy groups -OCH3 is 1. The van der Waals surface area contributed by atoms with Crippen LogP contribution < -0.4 is 5.69 Å². The van der Waals surface area contributed by atoms with Crippen LogP contribution in [0.25, 0.3) is 5.69 Å². The van der Waals surface area contributed by atoms with Crippen LogP contribution >= 0.6 is 0 Å². The third-order valence-electron chi connectivity index (χ3n) is 7.37. The van der Waals surface area contributed by atoms with Crippen molar-refractivity contribution in [2.24, 2.45) is 5.92 Å². The Balaban J connectivity index is 1.47. The van der Waals surface area contributed by atoms with E-state index in [4.69, 9.17) is 4.74 Å². The van der Waals surface area contributed by atoms with E-state index in [1.807, 2.05) is 0 Å². The third kappa shape index (κ3) is 5.44. The molecule has 2 heterocycles. The number of amides is 1. The number of benzene rings is 1. The number of hydrogen-bond acceptors (Lipinski definition) is 5. The minimum atomic E-state index is -4.91. The van der Waals surface area contributed by atoms with E-state index in [0.717, 1.165) is 48.1 Å². The Morgan fingerprint density at radius 2 is 1.75 bits per heavy atom. The summed E-state index contributed by atoms with van der Waals surface area (Å²) in [5.74, 6) is -1.90. The molecule has 1 aliphatic carbocycles. The van der Waals surface area contributed by atoms with Crippen molar-refractivity contribution in [2.75, 3.05) is 20.2 Å². The molecule has 0 atom stereocenters. The van der Waals surface area contributed by atoms with Crippen molar-refractivity contribution >= 4 is 11.9 Å². The van der Waals surface area contributed by atoms with Crippen LogP contribution in [0.4, 0.5) is 13.2 Å². The number of ether oxygens (including phenoxy) is 1. The molecule has 1 aliphatic heterocycles. The maximum absolute atomic E-state index is 13.2. The molecule has 2 aliphatic rings. The Labute approximate surface area is 206 Å². The number of carbonyl (C=O) groups is 2. The van der Waals surface area contributed by atoms with Crippen molar-refractivity contribution in [3.05, 3.63) is 46.0 Å². The number of nitrogens with zero attached hydrogens (tertiary/aromatic N) is 3. The van der Waals surface area contributed by atoms with Crippen molar-refractivity contribution in [3.8, 4) is 11.6 Å². The van der Waals surface area contributed by atoms with Crippen LogP contribution in [0.3, 0.4) is 0 Å². The van der Waals surface area contributed by atoms with Gasteiger partial charge in [0.2, 0.25) is 5.88 Å². The van der Waals surface area contributed by atoms with Crippen molar-refractivity contribution in [1.29, 1.82) is 0 Å². The van der Waals surface area contributed by atoms with Crippen LogP contribution in [-0.4, -0.2) is 57.4 Å². The summed E-state index contributed by atoms with van der Waals surface area (Å²) in [5, 5.41) is 10.6. The van der Waals surface area contributed by atoms with E-state index in [1.165, 1.54) is 17.9 Å². The smallest absolute Gasteiger partial charge is 0.471 e. The molecule has 0 unspecified atom stereocenters. The zero-order valence-corrected chi connectivity index (χ0v) is 20.1. The average Bonchev–Trinajstić information content (AvgIpc) is 3.02. The Morgan fingerprint density at radius 3 is 2.39 bits per heavy atom. The van der Waals surface area contributed by atoms with E-state index in [-0.39, 0.29) is 49.5 Å². The van der Waals surface area contributed by atoms with Gasteiger partial charge in [-0.15, -0.1) is 0 Å². The van der Waals surface area contributed by atoms with Gasteiger partial charge >= 0.3 is 23.7 Å². The second-order valence-corrected chi connectivity index (χ2v) is 9.54. The summed E-state index contributed by atoms with van der Waals surface area (Å²) in [7, 11) is 1.37. The molecular formula is C25H30F3N3O5. The molecule has 1 N–H and O–H groups in total. The highest BCUT2D eigenvalue weighted by atomic mass is 19.4. The predicted molar refractivity (Wildman–Crippen MR) is 124 cm³/mol. The minimum absolute atomic E-state index is 0.0332. The highest BCUT2D eigenvalue weighted by Crippen LogP contribution is 2.35. The molecule has 1 amide bonds. The molecule has 0 radical (unpaired) electrons. The quantitative estimate of drug-likeness (QED) is 0.623. The van der Waals surface area contributed by atoms with Gasteiger partial charge in [0.05, 0.1) is 19.0 Å². The fourth-order valence-electron chi connectivity index (χ4n) is 5.32. The predicted octanol–water partition coefficient (Wildman–Crippen LogP) is 3.52. The molecule has 0 saturated heterocycles. The lowest BCUT2D eigenvalue weighted by molar-refractivity contribution is -0.185. The van der Waals surface area contributed by atoms with E-state index >= 15 is 0 Å². The fourth-order valence-corrected chi connectivity index (χ4v) is 5.32. The van der Waals surface area contributed by atoms with Crippen LogP contribution in [0.1, 0.15) is 55.7 Å². The molecule has 1 aromatic heterocycles. The summed E-state index contributed by atoms with van der Waals surface area (Å²) < 4.78 is 46.0. The summed E-state index contributed by atoms with van der Waals surface area (Å²) in [6, 6.07) is 5.03. The Bertz CT molecular complexity index is 1180. The van der Waals surface area contributed by atoms with Gasteiger partial charge in [0.15, 0.2) is 0 Å². The molecule has 8 nitrogen and oxygen atoms in total. The molecule has 11 heteroatoms. The van der Waals surface area contributed by atoms with Gasteiger partial charge in [-0.1, -0.05) is 6.07 Å². The molecule has 4 rings (SSSR count). The first-order chi connectivity index (χ1) is 17.1. The van der Waals surface area contributed by atoms with Crippen LogP contribution in [-0.2, 0) is 27.2 Å². The van der Waals surface area contributed by atoms with Gasteiger partial charge in [-0.25, -0.2) is 9.36 Å². The van der Waals surface area contributed by atoms with E-state index in [1.54, 1.807) is 22.8 Å². The van der Waals surface area contributed by atoms with E-state index < -0.39 is 12.1 Å². The second-order valence-electron chi connectivity index (χ2n) is 9.54. The number of hydrogen-bond donors (Lipinski definition) is 1. The molecule has 36 heavy (non-hydrogen) atoms. The number of carbonyl (C=O) groups excluding carboxylic acids is 2. The number of fused-ring (bicyclic) bond motifs is 1. The van der Waals surface area contributed by atoms with Crippen LogP contribution in [0, 0.1) is 5.92 Å². The summed E-state index contributed by atoms with van der Waals surface area (Å²) in [5.41, 5.74) is 1.61. The molecule has 196 valence electrons. The van der Waals surface area contributed by atoms with E-state index in [0.29, 0.717) is 18.0 Å². The molecule has 0 bridgehead atoms. The zero-order chi connectivity index (χ0) is 26.0. The van der Waals surface area contributed by atoms with Gasteiger partial charge in [0, 0.05) is 25.6 Å². The third-order valence-corrected chi connectivity index (χ3v) is 7.37. The minimum Gasteiger partial charge on any atom is -0.493 e. The van der Waals surface area contributed by atoms with Crippen LogP contribution in [0.5, 0.6) is 5.88 Å². The maximum atomic E-state index is 13.2. The van der Waals surface area contributed by atoms with Gasteiger partial charge in [0.25, 0.3) is 0 Å². The summed E-state index contributed by atoms with van der Waals surface area (Å²) in [6.45, 7) is -0.107. The monoisotopic (exact) mass is 509 g/mol. The first-order valence-corrected chi connectivity index (χ1v) is 12.2. The largest absolute Gasteiger partial charge is 0.493 e. The van der Waals surface area contributed by atoms with Crippen molar-refractivity contribution < 1.29 is 32.6 Å². The van der Waals surface area contributed by atoms with E-state index in [2.05, 4.69) is 0 Å². The van der Waals surface area contributed by atoms with Crippen molar-refractivity contribution in [2.45, 2.75) is 63.6 Å². The highest BCUT2D eigenvalue weighted by molar-refractivity contribution is 5.82. The van der Waals surface area contributed by atoms with Gasteiger partial charge in [0.1, 0.15) is 0 Å². The summed E-state index contributed by atoms with van der Waals surface area (Å²) in [4.78, 5) is 37.1. The summed E-state index contributed by atoms with van der Waals surface area (Å²) in [6.07, 6.45) is 1.38. The number of alkyl halides is 3. The second kappa shape index (κ2) is 10.4. The van der Waals surface area contributed by atoms with Gasteiger partial charge in [-0.05, 0) is 74.1 Å². The average molecular weight is 510 g/mol. The number of imidazole rings is 1. The molecule has 1 fully saturated rings. The first-order valence-electron chi connectivity index (χ1n) is 12.2. The topological polar surface area (TPSA) is 93.8 Å². The number of rotatable bonds is 5. The normalized spacial score (nSPS) is 20.5. The maximum Gasteiger partial charge on any atom is 0.471 e. The molecule has 1 saturated carbocycles. The Kier molecular flexibility index (Phi) is 7.46. The highest BCUT2D eigenvalue weighted by Gasteiger charge is 2.42. The van der Waals surface area contributed by atoms with Gasteiger partial charge in [-0.2, -0.15) is 13.2 Å². The van der Waals surface area contributed by atoms with Crippen molar-refractivity contribution in [1.82, 2.24) is 14.0 Å². The first kappa shape index (κ1) is 25.8. The Morgan fingerprint density at radius 1 is 1.08 bits per heavy atom. The number of esters is 1. The fraction of sp³-hybridized carbons (Fsp3) is 0.560. The van der Waals surface area contributed by atoms with Gasteiger partial charge in [-0.3, -0.25) is 14.2 Å². The molecule has 1 aromatic carbocycles. The molecular weight excluding hydrogens is 479 g/mol. The molecule has 2 aromatic rings. The summed E-state index contributed by atoms with van der Waals surface area (Å²) >= 11 is 0. The van der Waals surface area contributed by atoms with E-state index in [9.17, 15) is 32.7 Å². The lowest BCUT2D eigenvalue weighted by atomic mass is 9.83. The SMILES string of the molecule is COC(=O)CCC1CCC(n2cc(O)n(-c3ccc4c(c3)CCN(C(=O)C(F)(F)F)CC4)c2=O)CC1. The van der Waals surface area contributed by atoms with Crippen LogP contribution in [0.15, 0.2) is 29.2 Å². The lowest BCUT2D eigenvalue weighted by Gasteiger charge is -2.28.